The number of aromatic nitrogens is 1. The summed E-state index contributed by atoms with van der Waals surface area (Å²) in [5, 5.41) is 12.4. The van der Waals surface area contributed by atoms with E-state index < -0.39 is 0 Å². The van der Waals surface area contributed by atoms with Crippen LogP contribution in [0.25, 0.3) is 0 Å². The van der Waals surface area contributed by atoms with Gasteiger partial charge in [0.25, 0.3) is 0 Å². The zero-order valence-corrected chi connectivity index (χ0v) is 8.95. The van der Waals surface area contributed by atoms with Crippen LogP contribution in [0.1, 0.15) is 31.4 Å². The highest BCUT2D eigenvalue weighted by Crippen LogP contribution is 2.33. The third kappa shape index (κ3) is 3.88. The molecule has 1 aliphatic rings. The maximum absolute atomic E-state index is 9.05. The Labute approximate surface area is 90.5 Å². The van der Waals surface area contributed by atoms with E-state index >= 15 is 0 Å². The minimum Gasteiger partial charge on any atom is -0.506 e. The van der Waals surface area contributed by atoms with Crippen molar-refractivity contribution in [3.63, 3.8) is 0 Å². The summed E-state index contributed by atoms with van der Waals surface area (Å²) < 4.78 is 0. The van der Waals surface area contributed by atoms with Gasteiger partial charge in [-0.25, -0.2) is 0 Å². The van der Waals surface area contributed by atoms with Crippen LogP contribution in [0.2, 0.25) is 0 Å². The monoisotopic (exact) mass is 206 g/mol. The van der Waals surface area contributed by atoms with E-state index in [4.69, 9.17) is 5.11 Å². The first-order chi connectivity index (χ1) is 7.34. The average molecular weight is 206 g/mol. The van der Waals surface area contributed by atoms with Crippen LogP contribution in [0, 0.1) is 5.92 Å². The second-order valence-corrected chi connectivity index (χ2v) is 4.27. The van der Waals surface area contributed by atoms with Crippen LogP contribution in [-0.2, 0) is 6.54 Å². The number of hydrogen-bond acceptors (Lipinski definition) is 3. The van der Waals surface area contributed by atoms with Crippen LogP contribution in [0.15, 0.2) is 18.3 Å². The van der Waals surface area contributed by atoms with E-state index in [2.05, 4.69) is 10.3 Å². The predicted molar refractivity (Wildman–Crippen MR) is 59.6 cm³/mol. The first-order valence-electron chi connectivity index (χ1n) is 5.69. The molecule has 1 saturated carbocycles. The van der Waals surface area contributed by atoms with Crippen molar-refractivity contribution in [2.24, 2.45) is 5.92 Å². The van der Waals surface area contributed by atoms with Crippen LogP contribution in [-0.4, -0.2) is 16.6 Å². The SMILES string of the molecule is Oc1ccc(CNCCCC2CC2)nc1. The Morgan fingerprint density at radius 2 is 2.27 bits per heavy atom. The Bertz CT molecular complexity index is 293. The van der Waals surface area contributed by atoms with Gasteiger partial charge >= 0.3 is 0 Å². The molecule has 0 spiro atoms. The van der Waals surface area contributed by atoms with E-state index in [0.717, 1.165) is 24.7 Å². The van der Waals surface area contributed by atoms with E-state index in [1.807, 2.05) is 6.07 Å². The van der Waals surface area contributed by atoms with Gasteiger partial charge in [-0.15, -0.1) is 0 Å². The first-order valence-corrected chi connectivity index (χ1v) is 5.69. The molecule has 2 N–H and O–H groups in total. The molecule has 0 saturated heterocycles. The normalized spacial score (nSPS) is 15.5. The number of pyridine rings is 1. The van der Waals surface area contributed by atoms with E-state index in [-0.39, 0.29) is 5.75 Å². The molecule has 0 aliphatic heterocycles. The molecule has 0 radical (unpaired) electrons. The van der Waals surface area contributed by atoms with Crippen molar-refractivity contribution in [1.29, 1.82) is 0 Å². The van der Waals surface area contributed by atoms with Gasteiger partial charge in [-0.2, -0.15) is 0 Å². The lowest BCUT2D eigenvalue weighted by atomic mass is 10.2. The predicted octanol–water partition coefficient (Wildman–Crippen LogP) is 2.07. The molecule has 0 amide bonds. The Balaban J connectivity index is 1.58. The summed E-state index contributed by atoms with van der Waals surface area (Å²) in [6, 6.07) is 3.53. The summed E-state index contributed by atoms with van der Waals surface area (Å²) >= 11 is 0. The number of nitrogens with one attached hydrogen (secondary N) is 1. The fraction of sp³-hybridized carbons (Fsp3) is 0.583. The van der Waals surface area contributed by atoms with Crippen LogP contribution in [0.5, 0.6) is 5.75 Å². The number of aromatic hydroxyl groups is 1. The van der Waals surface area contributed by atoms with Crippen LogP contribution in [0.3, 0.4) is 0 Å². The average Bonchev–Trinajstić information content (AvgIpc) is 3.04. The van der Waals surface area contributed by atoms with E-state index in [1.54, 1.807) is 6.07 Å². The number of hydrogen-bond donors (Lipinski definition) is 2. The fourth-order valence-corrected chi connectivity index (χ4v) is 1.66. The van der Waals surface area contributed by atoms with E-state index in [0.29, 0.717) is 0 Å². The Kier molecular flexibility index (Phi) is 3.56. The summed E-state index contributed by atoms with van der Waals surface area (Å²) in [6.45, 7) is 1.87. The molecule has 3 nitrogen and oxygen atoms in total. The van der Waals surface area contributed by atoms with E-state index in [1.165, 1.54) is 31.9 Å². The molecule has 1 aromatic heterocycles. The maximum atomic E-state index is 9.05. The lowest BCUT2D eigenvalue weighted by Gasteiger charge is -2.03. The van der Waals surface area contributed by atoms with Crippen molar-refractivity contribution in [1.82, 2.24) is 10.3 Å². The summed E-state index contributed by atoms with van der Waals surface area (Å²) in [4.78, 5) is 4.11. The standard InChI is InChI=1S/C12H18N2O/c15-12-6-5-11(14-9-12)8-13-7-1-2-10-3-4-10/h5-6,9-10,13,15H,1-4,7-8H2. The molecular weight excluding hydrogens is 188 g/mol. The van der Waals surface area contributed by atoms with Crippen molar-refractivity contribution >= 4 is 0 Å². The summed E-state index contributed by atoms with van der Waals surface area (Å²) in [5.41, 5.74) is 0.985. The van der Waals surface area contributed by atoms with Crippen LogP contribution < -0.4 is 5.32 Å². The van der Waals surface area contributed by atoms with Gasteiger partial charge in [0.05, 0.1) is 11.9 Å². The Morgan fingerprint density at radius 3 is 2.93 bits per heavy atom. The van der Waals surface area contributed by atoms with Gasteiger partial charge in [0.2, 0.25) is 0 Å². The van der Waals surface area contributed by atoms with Crippen molar-refractivity contribution in [2.75, 3.05) is 6.54 Å². The third-order valence-corrected chi connectivity index (χ3v) is 2.78. The highest BCUT2D eigenvalue weighted by atomic mass is 16.3. The first kappa shape index (κ1) is 10.4. The van der Waals surface area contributed by atoms with Gasteiger partial charge < -0.3 is 10.4 Å². The highest BCUT2D eigenvalue weighted by Gasteiger charge is 2.19. The minimum atomic E-state index is 0.229. The van der Waals surface area contributed by atoms with Crippen molar-refractivity contribution in [3.05, 3.63) is 24.0 Å². The van der Waals surface area contributed by atoms with Crippen molar-refractivity contribution in [3.8, 4) is 5.75 Å². The molecule has 15 heavy (non-hydrogen) atoms. The molecule has 1 aromatic rings. The van der Waals surface area contributed by atoms with Crippen LogP contribution >= 0.6 is 0 Å². The van der Waals surface area contributed by atoms with Gasteiger partial charge in [0.1, 0.15) is 5.75 Å². The molecule has 3 heteroatoms. The highest BCUT2D eigenvalue weighted by molar-refractivity contribution is 5.17. The zero-order valence-electron chi connectivity index (χ0n) is 8.95. The van der Waals surface area contributed by atoms with Gasteiger partial charge in [-0.3, -0.25) is 4.98 Å². The second kappa shape index (κ2) is 5.12. The fourth-order valence-electron chi connectivity index (χ4n) is 1.66. The molecular formula is C12H18N2O. The van der Waals surface area contributed by atoms with E-state index in [9.17, 15) is 0 Å². The lowest BCUT2D eigenvalue weighted by Crippen LogP contribution is -2.15. The molecule has 0 unspecified atom stereocenters. The molecule has 2 rings (SSSR count). The zero-order chi connectivity index (χ0) is 10.5. The second-order valence-electron chi connectivity index (χ2n) is 4.27. The van der Waals surface area contributed by atoms with Crippen molar-refractivity contribution < 1.29 is 5.11 Å². The largest absolute Gasteiger partial charge is 0.506 e. The maximum Gasteiger partial charge on any atom is 0.133 e. The van der Waals surface area contributed by atoms with Gasteiger partial charge in [0, 0.05) is 6.54 Å². The molecule has 82 valence electrons. The number of nitrogens with zero attached hydrogens (tertiary/aromatic N) is 1. The summed E-state index contributed by atoms with van der Waals surface area (Å²) in [7, 11) is 0. The van der Waals surface area contributed by atoms with Crippen LogP contribution in [0.4, 0.5) is 0 Å². The molecule has 0 bridgehead atoms. The molecule has 1 heterocycles. The quantitative estimate of drug-likeness (QED) is 0.700. The summed E-state index contributed by atoms with van der Waals surface area (Å²) in [6.07, 6.45) is 7.01. The molecule has 0 atom stereocenters. The third-order valence-electron chi connectivity index (χ3n) is 2.78. The molecule has 1 fully saturated rings. The topological polar surface area (TPSA) is 45.1 Å². The van der Waals surface area contributed by atoms with Gasteiger partial charge in [-0.1, -0.05) is 12.8 Å². The Hall–Kier alpha value is -1.09. The number of rotatable bonds is 6. The van der Waals surface area contributed by atoms with Crippen molar-refractivity contribution in [2.45, 2.75) is 32.2 Å². The van der Waals surface area contributed by atoms with Gasteiger partial charge in [-0.05, 0) is 37.4 Å². The smallest absolute Gasteiger partial charge is 0.133 e. The Morgan fingerprint density at radius 1 is 1.40 bits per heavy atom. The summed E-state index contributed by atoms with van der Waals surface area (Å²) in [5.74, 6) is 1.26. The lowest BCUT2D eigenvalue weighted by molar-refractivity contribution is 0.471. The molecule has 1 aliphatic carbocycles. The van der Waals surface area contributed by atoms with Gasteiger partial charge in [0.15, 0.2) is 0 Å². The molecule has 0 aromatic carbocycles. The minimum absolute atomic E-state index is 0.229.